The van der Waals surface area contributed by atoms with E-state index in [0.29, 0.717) is 11.8 Å². The van der Waals surface area contributed by atoms with Crippen LogP contribution < -0.4 is 0 Å². The van der Waals surface area contributed by atoms with Gasteiger partial charge in [0, 0.05) is 17.8 Å². The molecule has 0 N–H and O–H groups in total. The van der Waals surface area contributed by atoms with Crippen LogP contribution in [0.4, 0.5) is 0 Å². The van der Waals surface area contributed by atoms with Crippen molar-refractivity contribution < 1.29 is 42.7 Å². The van der Waals surface area contributed by atoms with Gasteiger partial charge in [-0.15, -0.1) is 0 Å². The van der Waals surface area contributed by atoms with E-state index in [4.69, 9.17) is 33.2 Å². The second kappa shape index (κ2) is 15.9. The monoisotopic (exact) mass is 666 g/mol. The van der Waals surface area contributed by atoms with Crippen LogP contribution in [-0.2, 0) is 42.7 Å². The molecule has 0 aliphatic carbocycles. The molecule has 9 nitrogen and oxygen atoms in total. The first-order valence-electron chi connectivity index (χ1n) is 18.6. The number of hydrogen-bond acceptors (Lipinski definition) is 9. The van der Waals surface area contributed by atoms with E-state index in [-0.39, 0.29) is 83.5 Å². The Morgan fingerprint density at radius 2 is 0.830 bits per heavy atom. The first-order chi connectivity index (χ1) is 22.0. The molecule has 0 aromatic carbocycles. The Labute approximate surface area is 284 Å². The van der Waals surface area contributed by atoms with Gasteiger partial charge in [0.15, 0.2) is 30.4 Å². The van der Waals surface area contributed by atoms with Gasteiger partial charge in [-0.2, -0.15) is 0 Å². The van der Waals surface area contributed by atoms with Gasteiger partial charge < -0.3 is 33.2 Å². The number of ketones is 2. The lowest BCUT2D eigenvalue weighted by molar-refractivity contribution is -0.350. The van der Waals surface area contributed by atoms with E-state index in [2.05, 4.69) is 83.1 Å². The van der Waals surface area contributed by atoms with Gasteiger partial charge in [0.25, 0.3) is 0 Å². The first-order valence-corrected chi connectivity index (χ1v) is 18.6. The van der Waals surface area contributed by atoms with Gasteiger partial charge in [-0.3, -0.25) is 9.59 Å². The molecule has 4 fully saturated rings. The van der Waals surface area contributed by atoms with E-state index in [1.165, 1.54) is 0 Å². The van der Waals surface area contributed by atoms with Crippen molar-refractivity contribution in [1.82, 2.24) is 0 Å². The van der Waals surface area contributed by atoms with E-state index in [0.717, 1.165) is 12.8 Å². The zero-order valence-electron chi connectivity index (χ0n) is 31.6. The van der Waals surface area contributed by atoms with Crippen molar-refractivity contribution in [3.63, 3.8) is 0 Å². The standard InChI is InChI=1S/C38H66O9/c1-15-29-32(20(6)18(4)28(14)41-29)44-38-25(11)22(8)34(35(47-38)27(13)40)46-36-24(10)21(7)33(30(16-2)42-36)45-37-23(9)17(3)19(5)31(43-37)26(12)39/h17-25,28-38H,15-16H2,1-14H3/t17-,18?,19+,20+,21+,22-,23?,24?,25?,28?,29?,30?,31?,32+,33+,34+,35?,36-,37-,38+/m0/s1. The summed E-state index contributed by atoms with van der Waals surface area (Å²) in [5, 5.41) is 0. The zero-order chi connectivity index (χ0) is 35.1. The molecule has 4 aliphatic heterocycles. The number of ether oxygens (including phenoxy) is 7. The van der Waals surface area contributed by atoms with Crippen LogP contribution in [0.2, 0.25) is 0 Å². The molecule has 9 heteroatoms. The van der Waals surface area contributed by atoms with Crippen LogP contribution in [0.3, 0.4) is 0 Å². The number of rotatable bonds is 10. The zero-order valence-corrected chi connectivity index (χ0v) is 31.6. The topological polar surface area (TPSA) is 98.8 Å². The molecular weight excluding hydrogens is 600 g/mol. The van der Waals surface area contributed by atoms with Crippen molar-refractivity contribution in [1.29, 1.82) is 0 Å². The van der Waals surface area contributed by atoms with Crippen molar-refractivity contribution in [3.8, 4) is 0 Å². The fourth-order valence-corrected chi connectivity index (χ4v) is 8.37. The summed E-state index contributed by atoms with van der Waals surface area (Å²) < 4.78 is 46.1. The van der Waals surface area contributed by atoms with Gasteiger partial charge in [-0.05, 0) is 69.1 Å². The summed E-state index contributed by atoms with van der Waals surface area (Å²) >= 11 is 0. The molecule has 0 bridgehead atoms. The van der Waals surface area contributed by atoms with Gasteiger partial charge in [0.1, 0.15) is 12.2 Å². The van der Waals surface area contributed by atoms with Crippen LogP contribution in [0.15, 0.2) is 0 Å². The molecule has 0 saturated carbocycles. The highest BCUT2D eigenvalue weighted by Crippen LogP contribution is 2.44. The molecule has 4 rings (SSSR count). The van der Waals surface area contributed by atoms with Crippen molar-refractivity contribution in [2.75, 3.05) is 0 Å². The van der Waals surface area contributed by atoms with Crippen molar-refractivity contribution in [2.45, 2.75) is 177 Å². The molecule has 4 saturated heterocycles. The Morgan fingerprint density at radius 1 is 0.447 bits per heavy atom. The molecule has 4 aliphatic rings. The highest BCUT2D eigenvalue weighted by molar-refractivity contribution is 5.81. The Hall–Kier alpha value is -0.940. The molecule has 20 atom stereocenters. The highest BCUT2D eigenvalue weighted by atomic mass is 16.7. The Kier molecular flexibility index (Phi) is 13.2. The normalized spacial score (nSPS) is 51.0. The van der Waals surface area contributed by atoms with Gasteiger partial charge in [-0.1, -0.05) is 76.2 Å². The Morgan fingerprint density at radius 3 is 1.32 bits per heavy atom. The lowest BCUT2D eigenvalue weighted by atomic mass is 9.77. The van der Waals surface area contributed by atoms with Gasteiger partial charge in [-0.25, -0.2) is 0 Å². The minimum absolute atomic E-state index is 0.0202. The predicted molar refractivity (Wildman–Crippen MR) is 179 cm³/mol. The quantitative estimate of drug-likeness (QED) is 0.249. The van der Waals surface area contributed by atoms with Crippen molar-refractivity contribution >= 4 is 11.6 Å². The second-order valence-electron chi connectivity index (χ2n) is 15.8. The average Bonchev–Trinajstić information content (AvgIpc) is 3.03. The molecule has 272 valence electrons. The molecule has 0 spiro atoms. The number of carbonyl (C=O) groups excluding carboxylic acids is 2. The molecule has 47 heavy (non-hydrogen) atoms. The Bertz CT molecular complexity index is 1050. The summed E-state index contributed by atoms with van der Waals surface area (Å²) in [6.07, 6.45) is -2.17. The maximum Gasteiger partial charge on any atom is 0.162 e. The SMILES string of the molecule is CCC1OC(C)C(C)[C@@H](C)[C@H]1O[C@@H]1OC(C(C)=O)[C@H](O[C@@H]2OC(CC)[C@H](O[C@@H]3OC(C(C)=O)[C@H](C)[C@H](C)C3C)[C@H](C)C2C)[C@@H](C)C1C. The third-order valence-corrected chi connectivity index (χ3v) is 13.0. The lowest BCUT2D eigenvalue weighted by Gasteiger charge is -2.51. The minimum atomic E-state index is -0.772. The maximum atomic E-state index is 13.1. The minimum Gasteiger partial charge on any atom is -0.372 e. The van der Waals surface area contributed by atoms with Crippen LogP contribution in [-0.4, -0.2) is 79.3 Å². The molecular formula is C38H66O9. The van der Waals surface area contributed by atoms with Crippen LogP contribution in [0, 0.1) is 53.3 Å². The molecule has 4 heterocycles. The van der Waals surface area contributed by atoms with Gasteiger partial charge in [0.2, 0.25) is 0 Å². The van der Waals surface area contributed by atoms with Crippen LogP contribution in [0.1, 0.15) is 110 Å². The first kappa shape index (κ1) is 38.9. The summed E-state index contributed by atoms with van der Waals surface area (Å²) in [5.74, 6) is 1.13. The smallest absolute Gasteiger partial charge is 0.162 e. The van der Waals surface area contributed by atoms with Crippen molar-refractivity contribution in [2.24, 2.45) is 53.3 Å². The molecule has 0 amide bonds. The molecule has 0 aromatic heterocycles. The largest absolute Gasteiger partial charge is 0.372 e. The summed E-state index contributed by atoms with van der Waals surface area (Å²) in [6, 6.07) is 0. The molecule has 0 radical (unpaired) electrons. The number of Topliss-reactive ketones (excluding diaryl/α,β-unsaturated/α-hetero) is 2. The van der Waals surface area contributed by atoms with Crippen LogP contribution >= 0.6 is 0 Å². The van der Waals surface area contributed by atoms with E-state index in [1.807, 2.05) is 0 Å². The number of hydrogen-bond donors (Lipinski definition) is 0. The maximum absolute atomic E-state index is 13.1. The van der Waals surface area contributed by atoms with Crippen LogP contribution in [0.5, 0.6) is 0 Å². The summed E-state index contributed by atoms with van der Waals surface area (Å²) in [7, 11) is 0. The van der Waals surface area contributed by atoms with Crippen LogP contribution in [0.25, 0.3) is 0 Å². The van der Waals surface area contributed by atoms with E-state index in [9.17, 15) is 9.59 Å². The third kappa shape index (κ3) is 7.87. The summed E-state index contributed by atoms with van der Waals surface area (Å²) in [4.78, 5) is 25.5. The molecule has 0 aromatic rings. The van der Waals surface area contributed by atoms with Gasteiger partial charge >= 0.3 is 0 Å². The molecule has 9 unspecified atom stereocenters. The summed E-state index contributed by atoms with van der Waals surface area (Å²) in [5.41, 5.74) is 0. The lowest BCUT2D eigenvalue weighted by Crippen LogP contribution is -2.60. The average molecular weight is 667 g/mol. The third-order valence-electron chi connectivity index (χ3n) is 13.0. The Balaban J connectivity index is 1.47. The van der Waals surface area contributed by atoms with E-state index >= 15 is 0 Å². The second-order valence-corrected chi connectivity index (χ2v) is 15.8. The van der Waals surface area contributed by atoms with E-state index < -0.39 is 37.2 Å². The van der Waals surface area contributed by atoms with Gasteiger partial charge in [0.05, 0.1) is 36.6 Å². The summed E-state index contributed by atoms with van der Waals surface area (Å²) in [6.45, 7) is 28.9. The fraction of sp³-hybridized carbons (Fsp3) is 0.947. The predicted octanol–water partition coefficient (Wildman–Crippen LogP) is 6.83. The fourth-order valence-electron chi connectivity index (χ4n) is 8.37. The van der Waals surface area contributed by atoms with E-state index in [1.54, 1.807) is 13.8 Å². The van der Waals surface area contributed by atoms with Crippen molar-refractivity contribution in [3.05, 3.63) is 0 Å². The number of carbonyl (C=O) groups is 2. The highest BCUT2D eigenvalue weighted by Gasteiger charge is 2.52.